The van der Waals surface area contributed by atoms with Crippen LogP contribution in [0.3, 0.4) is 0 Å². The molecule has 0 unspecified atom stereocenters. The first-order valence-electron chi connectivity index (χ1n) is 9.59. The van der Waals surface area contributed by atoms with Gasteiger partial charge in [0.1, 0.15) is 5.78 Å². The van der Waals surface area contributed by atoms with Crippen molar-refractivity contribution >= 4 is 21.7 Å². The van der Waals surface area contributed by atoms with Crippen LogP contribution in [0.2, 0.25) is 0 Å². The fraction of sp³-hybridized carbons (Fsp3) is 0.950. The number of alkyl halides is 1. The summed E-state index contributed by atoms with van der Waals surface area (Å²) in [6.07, 6.45) is 9.75. The van der Waals surface area contributed by atoms with Gasteiger partial charge in [-0.15, -0.1) is 0 Å². The lowest BCUT2D eigenvalue weighted by atomic mass is 9.45. The van der Waals surface area contributed by atoms with E-state index in [1.165, 1.54) is 32.1 Å². The summed E-state index contributed by atoms with van der Waals surface area (Å²) in [5.74, 6) is 2.97. The van der Waals surface area contributed by atoms with Gasteiger partial charge in [0.25, 0.3) is 0 Å². The van der Waals surface area contributed by atoms with Crippen molar-refractivity contribution in [1.29, 1.82) is 0 Å². The first kappa shape index (κ1) is 16.6. The molecule has 4 aliphatic carbocycles. The zero-order valence-corrected chi connectivity index (χ0v) is 16.4. The molecule has 4 rings (SSSR count). The highest BCUT2D eigenvalue weighted by atomic mass is 79.9. The quantitative estimate of drug-likeness (QED) is 0.597. The number of rotatable bonds is 1. The molecule has 0 aromatic carbocycles. The Morgan fingerprint density at radius 1 is 1.04 bits per heavy atom. The Morgan fingerprint density at radius 3 is 2.48 bits per heavy atom. The minimum absolute atomic E-state index is 0.237. The molecule has 23 heavy (non-hydrogen) atoms. The minimum Gasteiger partial charge on any atom is -0.381 e. The summed E-state index contributed by atoms with van der Waals surface area (Å²) in [5.41, 5.74) is 0.662. The van der Waals surface area contributed by atoms with Crippen LogP contribution in [0.15, 0.2) is 0 Å². The van der Waals surface area contributed by atoms with Crippen molar-refractivity contribution in [3.05, 3.63) is 0 Å². The maximum atomic E-state index is 13.1. The summed E-state index contributed by atoms with van der Waals surface area (Å²) >= 11 is 3.97. The molecule has 0 amide bonds. The van der Waals surface area contributed by atoms with Crippen molar-refractivity contribution in [2.75, 3.05) is 7.11 Å². The highest BCUT2D eigenvalue weighted by molar-refractivity contribution is 9.09. The van der Waals surface area contributed by atoms with E-state index in [-0.39, 0.29) is 11.3 Å². The van der Waals surface area contributed by atoms with Gasteiger partial charge in [-0.05, 0) is 73.5 Å². The van der Waals surface area contributed by atoms with Crippen molar-refractivity contribution in [3.63, 3.8) is 0 Å². The number of hydrogen-bond acceptors (Lipinski definition) is 2. The number of carbonyl (C=O) groups is 1. The normalized spacial score (nSPS) is 55.9. The van der Waals surface area contributed by atoms with E-state index in [4.69, 9.17) is 4.74 Å². The lowest BCUT2D eigenvalue weighted by molar-refractivity contribution is -0.158. The zero-order chi connectivity index (χ0) is 16.4. The van der Waals surface area contributed by atoms with Crippen LogP contribution < -0.4 is 0 Å². The van der Waals surface area contributed by atoms with Gasteiger partial charge >= 0.3 is 0 Å². The Bertz CT molecular complexity index is 506. The van der Waals surface area contributed by atoms with Gasteiger partial charge in [0.15, 0.2) is 0 Å². The van der Waals surface area contributed by atoms with Crippen LogP contribution in [0.4, 0.5) is 0 Å². The number of methoxy groups -OCH3 is 1. The van der Waals surface area contributed by atoms with E-state index < -0.39 is 0 Å². The molecule has 2 nitrogen and oxygen atoms in total. The second-order valence-electron chi connectivity index (χ2n) is 9.33. The third kappa shape index (κ3) is 2.25. The van der Waals surface area contributed by atoms with E-state index in [9.17, 15) is 4.79 Å². The van der Waals surface area contributed by atoms with Crippen LogP contribution >= 0.6 is 15.9 Å². The van der Waals surface area contributed by atoms with Crippen molar-refractivity contribution in [2.24, 2.45) is 34.5 Å². The van der Waals surface area contributed by atoms with E-state index in [2.05, 4.69) is 29.8 Å². The Kier molecular flexibility index (Phi) is 4.00. The van der Waals surface area contributed by atoms with Crippen LogP contribution in [-0.2, 0) is 9.53 Å². The van der Waals surface area contributed by atoms with Crippen LogP contribution in [0.25, 0.3) is 0 Å². The average molecular weight is 383 g/mol. The number of ketones is 1. The zero-order valence-electron chi connectivity index (χ0n) is 14.8. The van der Waals surface area contributed by atoms with Gasteiger partial charge < -0.3 is 4.74 Å². The molecule has 0 heterocycles. The van der Waals surface area contributed by atoms with Gasteiger partial charge in [0.05, 0.1) is 6.10 Å². The standard InChI is InChI=1S/C20H31BrO2/c1-19-8-6-12(23-3)10-16(19)17(22)11-13-14-4-5-18(21)20(14,2)9-7-15(13)19/h12-16,18H,4-11H2,1-3H3/t12-,13-,14-,15-,16+,18-,19+,20-/m0/s1. The third-order valence-electron chi connectivity index (χ3n) is 8.63. The monoisotopic (exact) mass is 382 g/mol. The Hall–Kier alpha value is 0.110. The molecule has 130 valence electrons. The van der Waals surface area contributed by atoms with Gasteiger partial charge in [-0.1, -0.05) is 29.8 Å². The molecule has 4 aliphatic rings. The molecular weight excluding hydrogens is 352 g/mol. The van der Waals surface area contributed by atoms with Gasteiger partial charge in [0.2, 0.25) is 0 Å². The molecule has 0 N–H and O–H groups in total. The number of ether oxygens (including phenoxy) is 1. The van der Waals surface area contributed by atoms with Gasteiger partial charge in [-0.3, -0.25) is 4.79 Å². The smallest absolute Gasteiger partial charge is 0.136 e. The molecule has 0 aliphatic heterocycles. The second-order valence-corrected chi connectivity index (χ2v) is 10.4. The van der Waals surface area contributed by atoms with Crippen LogP contribution in [0.1, 0.15) is 65.2 Å². The van der Waals surface area contributed by atoms with E-state index >= 15 is 0 Å². The number of hydrogen-bond donors (Lipinski definition) is 0. The van der Waals surface area contributed by atoms with E-state index in [1.54, 1.807) is 0 Å². The second kappa shape index (κ2) is 5.56. The first-order chi connectivity index (χ1) is 10.9. The largest absolute Gasteiger partial charge is 0.381 e. The maximum Gasteiger partial charge on any atom is 0.136 e. The fourth-order valence-corrected chi connectivity index (χ4v) is 7.99. The van der Waals surface area contributed by atoms with Crippen molar-refractivity contribution in [2.45, 2.75) is 76.1 Å². The summed E-state index contributed by atoms with van der Waals surface area (Å²) in [4.78, 5) is 13.7. The fourth-order valence-electron chi connectivity index (χ4n) is 7.15. The van der Waals surface area contributed by atoms with Crippen LogP contribution in [-0.4, -0.2) is 23.8 Å². The molecule has 4 fully saturated rings. The lowest BCUT2D eigenvalue weighted by Crippen LogP contribution is -2.57. The Labute approximate surface area is 149 Å². The number of carbonyl (C=O) groups excluding carboxylic acids is 1. The number of Topliss-reactive ketones (excluding diaryl/α,β-unsaturated/α-hetero) is 1. The lowest BCUT2D eigenvalue weighted by Gasteiger charge is -2.60. The van der Waals surface area contributed by atoms with Crippen molar-refractivity contribution in [1.82, 2.24) is 0 Å². The number of halogens is 1. The molecule has 0 aromatic heterocycles. The third-order valence-corrected chi connectivity index (χ3v) is 10.1. The van der Waals surface area contributed by atoms with Crippen molar-refractivity contribution < 1.29 is 9.53 Å². The summed E-state index contributed by atoms with van der Waals surface area (Å²) in [6.45, 7) is 4.93. The molecule has 0 aromatic rings. The van der Waals surface area contributed by atoms with Gasteiger partial charge in [-0.25, -0.2) is 0 Å². The molecule has 0 radical (unpaired) electrons. The first-order valence-corrected chi connectivity index (χ1v) is 10.5. The molecule has 8 atom stereocenters. The highest BCUT2D eigenvalue weighted by Crippen LogP contribution is 2.66. The average Bonchev–Trinajstić information content (AvgIpc) is 2.83. The molecule has 0 bridgehead atoms. The van der Waals surface area contributed by atoms with Gasteiger partial charge in [0, 0.05) is 24.3 Å². The predicted octanol–water partition coefficient (Wildman–Crippen LogP) is 4.99. The van der Waals surface area contributed by atoms with E-state index in [0.717, 1.165) is 31.1 Å². The molecule has 0 spiro atoms. The predicted molar refractivity (Wildman–Crippen MR) is 95.6 cm³/mol. The van der Waals surface area contributed by atoms with Crippen molar-refractivity contribution in [3.8, 4) is 0 Å². The summed E-state index contributed by atoms with van der Waals surface area (Å²) in [5, 5.41) is 0. The number of fused-ring (bicyclic) bond motifs is 5. The molecule has 3 heteroatoms. The summed E-state index contributed by atoms with van der Waals surface area (Å²) < 4.78 is 5.61. The highest BCUT2D eigenvalue weighted by Gasteiger charge is 2.61. The van der Waals surface area contributed by atoms with Crippen LogP contribution in [0.5, 0.6) is 0 Å². The summed E-state index contributed by atoms with van der Waals surface area (Å²) in [6, 6.07) is 0. The van der Waals surface area contributed by atoms with E-state index in [1.807, 2.05) is 7.11 Å². The van der Waals surface area contributed by atoms with Crippen LogP contribution in [0, 0.1) is 34.5 Å². The molecule has 4 saturated carbocycles. The summed E-state index contributed by atoms with van der Waals surface area (Å²) in [7, 11) is 1.81. The molecule has 0 saturated heterocycles. The SMILES string of the molecule is CO[C@H]1CC[C@@]2(C)[C@H](C1)C(=O)C[C@@H]1[C@@H]2CC[C@]2(C)[C@@H](Br)CC[C@@H]12. The Morgan fingerprint density at radius 2 is 1.74 bits per heavy atom. The minimum atomic E-state index is 0.237. The topological polar surface area (TPSA) is 26.3 Å². The molecular formula is C20H31BrO2. The Balaban J connectivity index is 1.65. The maximum absolute atomic E-state index is 13.1. The van der Waals surface area contributed by atoms with Gasteiger partial charge in [-0.2, -0.15) is 0 Å². The van der Waals surface area contributed by atoms with E-state index in [0.29, 0.717) is 28.0 Å².